The zero-order valence-electron chi connectivity index (χ0n) is 16.5. The van der Waals surface area contributed by atoms with Crippen molar-refractivity contribution in [2.75, 3.05) is 0 Å². The molecule has 0 amide bonds. The summed E-state index contributed by atoms with van der Waals surface area (Å²) in [5.41, 5.74) is 1.01. The molecule has 1 aliphatic rings. The summed E-state index contributed by atoms with van der Waals surface area (Å²) in [5.74, 6) is -1.72. The SMILES string of the molecule is O=S(=O)(NC1CCC(O)C1)c1cnc(C(c2ccc(F)c(Cl)c2)c2ccc(F)c(Cl)c2)[nH]1. The van der Waals surface area contributed by atoms with Crippen LogP contribution in [0.15, 0.2) is 47.6 Å². The number of aliphatic hydroxyl groups is 1. The molecule has 1 aromatic heterocycles. The van der Waals surface area contributed by atoms with E-state index in [4.69, 9.17) is 23.2 Å². The number of imidazole rings is 1. The van der Waals surface area contributed by atoms with Gasteiger partial charge in [-0.25, -0.2) is 26.9 Å². The third-order valence-corrected chi connectivity index (χ3v) is 7.43. The molecule has 1 aliphatic carbocycles. The molecular weight excluding hydrogens is 483 g/mol. The third-order valence-electron chi connectivity index (χ3n) is 5.42. The number of aromatic amines is 1. The largest absolute Gasteiger partial charge is 0.393 e. The van der Waals surface area contributed by atoms with Gasteiger partial charge in [-0.2, -0.15) is 0 Å². The summed E-state index contributed by atoms with van der Waals surface area (Å²) in [6, 6.07) is 7.76. The highest BCUT2D eigenvalue weighted by Crippen LogP contribution is 2.34. The van der Waals surface area contributed by atoms with E-state index in [-0.39, 0.29) is 26.9 Å². The second-order valence-corrected chi connectivity index (χ2v) is 10.2. The Morgan fingerprint density at radius 1 is 1.06 bits per heavy atom. The van der Waals surface area contributed by atoms with Gasteiger partial charge in [0, 0.05) is 6.04 Å². The molecule has 4 rings (SSSR count). The lowest BCUT2D eigenvalue weighted by molar-refractivity contribution is 0.181. The van der Waals surface area contributed by atoms with Crippen molar-refractivity contribution in [1.29, 1.82) is 0 Å². The van der Waals surface area contributed by atoms with Gasteiger partial charge in [0.25, 0.3) is 10.0 Å². The first-order valence-electron chi connectivity index (χ1n) is 9.79. The normalized spacial score (nSPS) is 19.1. The smallest absolute Gasteiger partial charge is 0.257 e. The molecule has 2 aromatic carbocycles. The summed E-state index contributed by atoms with van der Waals surface area (Å²) in [7, 11) is -3.93. The highest BCUT2D eigenvalue weighted by atomic mass is 35.5. The Balaban J connectivity index is 1.73. The lowest BCUT2D eigenvalue weighted by atomic mass is 9.90. The van der Waals surface area contributed by atoms with Crippen LogP contribution in [0.5, 0.6) is 0 Å². The molecule has 0 spiro atoms. The van der Waals surface area contributed by atoms with Crippen molar-refractivity contribution in [3.05, 3.63) is 81.2 Å². The van der Waals surface area contributed by atoms with Gasteiger partial charge in [0.1, 0.15) is 17.5 Å². The van der Waals surface area contributed by atoms with Gasteiger partial charge >= 0.3 is 0 Å². The van der Waals surface area contributed by atoms with Gasteiger partial charge in [0.05, 0.1) is 28.3 Å². The van der Waals surface area contributed by atoms with Crippen LogP contribution in [-0.4, -0.2) is 35.6 Å². The molecule has 0 saturated heterocycles. The average Bonchev–Trinajstić information content (AvgIpc) is 3.37. The van der Waals surface area contributed by atoms with E-state index in [1.165, 1.54) is 42.6 Å². The van der Waals surface area contributed by atoms with Gasteiger partial charge < -0.3 is 10.1 Å². The average molecular weight is 502 g/mol. The minimum absolute atomic E-state index is 0.124. The molecule has 3 aromatic rings. The number of aliphatic hydroxyl groups excluding tert-OH is 1. The molecular formula is C21H19Cl2F2N3O3S. The van der Waals surface area contributed by atoms with Crippen molar-refractivity contribution in [1.82, 2.24) is 14.7 Å². The zero-order valence-corrected chi connectivity index (χ0v) is 18.9. The highest BCUT2D eigenvalue weighted by molar-refractivity contribution is 7.89. The van der Waals surface area contributed by atoms with E-state index in [0.717, 1.165) is 0 Å². The number of nitrogens with zero attached hydrogens (tertiary/aromatic N) is 1. The standard InChI is InChI=1S/C21H19Cl2F2N3O3S/c22-15-7-11(1-5-17(15)24)20(12-2-6-18(25)16(23)8-12)21-26-10-19(27-21)32(30,31)28-13-3-4-14(29)9-13/h1-2,5-8,10,13-14,20,28-29H,3-4,9H2,(H,26,27). The molecule has 2 unspecified atom stereocenters. The zero-order chi connectivity index (χ0) is 23.0. The first kappa shape index (κ1) is 23.1. The van der Waals surface area contributed by atoms with Crippen LogP contribution in [0.4, 0.5) is 8.78 Å². The number of hydrogen-bond acceptors (Lipinski definition) is 4. The minimum Gasteiger partial charge on any atom is -0.393 e. The van der Waals surface area contributed by atoms with Crippen molar-refractivity contribution in [3.63, 3.8) is 0 Å². The highest BCUT2D eigenvalue weighted by Gasteiger charge is 2.30. The second-order valence-electron chi connectivity index (χ2n) is 7.70. The van der Waals surface area contributed by atoms with Gasteiger partial charge in [-0.15, -0.1) is 0 Å². The van der Waals surface area contributed by atoms with Gasteiger partial charge in [0.15, 0.2) is 5.03 Å². The van der Waals surface area contributed by atoms with Crippen LogP contribution in [0.25, 0.3) is 0 Å². The second kappa shape index (κ2) is 9.07. The number of aromatic nitrogens is 2. The fraction of sp³-hybridized carbons (Fsp3) is 0.286. The van der Waals surface area contributed by atoms with E-state index in [1.54, 1.807) is 0 Å². The monoisotopic (exact) mass is 501 g/mol. The van der Waals surface area contributed by atoms with Crippen molar-refractivity contribution in [2.24, 2.45) is 0 Å². The topological polar surface area (TPSA) is 95.1 Å². The van der Waals surface area contributed by atoms with E-state index in [1.807, 2.05) is 0 Å². The molecule has 3 N–H and O–H groups in total. The van der Waals surface area contributed by atoms with Crippen molar-refractivity contribution < 1.29 is 22.3 Å². The Morgan fingerprint density at radius 3 is 2.16 bits per heavy atom. The number of nitrogens with one attached hydrogen (secondary N) is 2. The molecule has 1 heterocycles. The molecule has 2 atom stereocenters. The molecule has 0 bridgehead atoms. The van der Waals surface area contributed by atoms with E-state index in [0.29, 0.717) is 30.4 Å². The lowest BCUT2D eigenvalue weighted by Crippen LogP contribution is -2.33. The minimum atomic E-state index is -3.93. The Bertz CT molecular complexity index is 1200. The maximum absolute atomic E-state index is 13.7. The fourth-order valence-corrected chi connectivity index (χ4v) is 5.43. The van der Waals surface area contributed by atoms with Gasteiger partial charge in [-0.1, -0.05) is 35.3 Å². The number of halogens is 4. The number of benzene rings is 2. The first-order valence-corrected chi connectivity index (χ1v) is 12.0. The fourth-order valence-electron chi connectivity index (χ4n) is 3.84. The van der Waals surface area contributed by atoms with Gasteiger partial charge in [0.2, 0.25) is 0 Å². The Labute approximate surface area is 193 Å². The molecule has 1 saturated carbocycles. The van der Waals surface area contributed by atoms with Gasteiger partial charge in [-0.3, -0.25) is 0 Å². The van der Waals surface area contributed by atoms with Crippen LogP contribution in [0.2, 0.25) is 10.0 Å². The van der Waals surface area contributed by atoms with Crippen LogP contribution in [0.1, 0.15) is 42.1 Å². The Morgan fingerprint density at radius 2 is 1.66 bits per heavy atom. The third kappa shape index (κ3) is 4.82. The lowest BCUT2D eigenvalue weighted by Gasteiger charge is -2.17. The summed E-state index contributed by atoms with van der Waals surface area (Å²) in [6.07, 6.45) is 2.04. The van der Waals surface area contributed by atoms with E-state index < -0.39 is 33.7 Å². The van der Waals surface area contributed by atoms with Crippen LogP contribution >= 0.6 is 23.2 Å². The van der Waals surface area contributed by atoms with Crippen LogP contribution in [0, 0.1) is 11.6 Å². The molecule has 170 valence electrons. The summed E-state index contributed by atoms with van der Waals surface area (Å²) in [6.45, 7) is 0. The van der Waals surface area contributed by atoms with Crippen LogP contribution < -0.4 is 4.72 Å². The number of hydrogen-bond donors (Lipinski definition) is 3. The summed E-state index contributed by atoms with van der Waals surface area (Å²) in [5, 5.41) is 9.24. The maximum Gasteiger partial charge on any atom is 0.257 e. The van der Waals surface area contributed by atoms with Crippen molar-refractivity contribution >= 4 is 33.2 Å². The molecule has 0 radical (unpaired) electrons. The molecule has 0 aliphatic heterocycles. The molecule has 11 heteroatoms. The van der Waals surface area contributed by atoms with Crippen molar-refractivity contribution in [2.45, 2.75) is 42.4 Å². The van der Waals surface area contributed by atoms with E-state index in [9.17, 15) is 22.3 Å². The summed E-state index contributed by atoms with van der Waals surface area (Å²) >= 11 is 11.9. The predicted molar refractivity (Wildman–Crippen MR) is 116 cm³/mol. The molecule has 1 fully saturated rings. The number of H-pyrrole nitrogens is 1. The van der Waals surface area contributed by atoms with Crippen molar-refractivity contribution in [3.8, 4) is 0 Å². The van der Waals surface area contributed by atoms with E-state index in [2.05, 4.69) is 14.7 Å². The van der Waals surface area contributed by atoms with Crippen LogP contribution in [-0.2, 0) is 10.0 Å². The first-order chi connectivity index (χ1) is 15.1. The Kier molecular flexibility index (Phi) is 6.56. The van der Waals surface area contributed by atoms with Gasteiger partial charge in [-0.05, 0) is 54.7 Å². The number of sulfonamides is 1. The summed E-state index contributed by atoms with van der Waals surface area (Å²) < 4.78 is 55.6. The number of rotatable bonds is 6. The Hall–Kier alpha value is -2.04. The predicted octanol–water partition coefficient (Wildman–Crippen LogP) is 4.37. The van der Waals surface area contributed by atoms with E-state index >= 15 is 0 Å². The van der Waals surface area contributed by atoms with Crippen LogP contribution in [0.3, 0.4) is 0 Å². The molecule has 32 heavy (non-hydrogen) atoms. The summed E-state index contributed by atoms with van der Waals surface area (Å²) in [4.78, 5) is 7.04. The molecule has 6 nitrogen and oxygen atoms in total. The maximum atomic E-state index is 13.7. The quantitative estimate of drug-likeness (QED) is 0.467.